The molecule has 4 heteroatoms. The summed E-state index contributed by atoms with van der Waals surface area (Å²) in [5.41, 5.74) is 3.42. The van der Waals surface area contributed by atoms with Gasteiger partial charge in [0.15, 0.2) is 0 Å². The molecular formula is C10H20N2O2. The van der Waals surface area contributed by atoms with Crippen LogP contribution in [0.5, 0.6) is 0 Å². The van der Waals surface area contributed by atoms with Gasteiger partial charge in [-0.1, -0.05) is 0 Å². The summed E-state index contributed by atoms with van der Waals surface area (Å²) in [5, 5.41) is 2.25. The van der Waals surface area contributed by atoms with Gasteiger partial charge < -0.3 is 9.47 Å². The van der Waals surface area contributed by atoms with E-state index >= 15 is 0 Å². The summed E-state index contributed by atoms with van der Waals surface area (Å²) in [4.78, 5) is 0. The number of nitrogens with one attached hydrogen (secondary N) is 1. The fraction of sp³-hybridized carbons (Fsp3) is 1.00. The highest BCUT2D eigenvalue weighted by molar-refractivity contribution is 4.66. The van der Waals surface area contributed by atoms with Gasteiger partial charge in [0.25, 0.3) is 0 Å². The Morgan fingerprint density at radius 2 is 2.07 bits per heavy atom. The minimum Gasteiger partial charge on any atom is -0.379 e. The van der Waals surface area contributed by atoms with Gasteiger partial charge in [0.1, 0.15) is 0 Å². The Hall–Kier alpha value is -0.160. The van der Waals surface area contributed by atoms with E-state index in [9.17, 15) is 0 Å². The maximum absolute atomic E-state index is 5.56. The van der Waals surface area contributed by atoms with Crippen molar-refractivity contribution >= 4 is 0 Å². The van der Waals surface area contributed by atoms with Crippen LogP contribution in [-0.2, 0) is 9.47 Å². The number of morpholine rings is 1. The van der Waals surface area contributed by atoms with Gasteiger partial charge in [-0.25, -0.2) is 5.01 Å². The molecular weight excluding hydrogens is 180 g/mol. The molecule has 0 aliphatic carbocycles. The van der Waals surface area contributed by atoms with Gasteiger partial charge in [-0.15, -0.1) is 0 Å². The maximum atomic E-state index is 5.56. The topological polar surface area (TPSA) is 33.7 Å². The van der Waals surface area contributed by atoms with E-state index < -0.39 is 0 Å². The van der Waals surface area contributed by atoms with E-state index in [1.807, 2.05) is 0 Å². The SMILES string of the molecule is C1COC(CCNN2CCOCC2)C1. The predicted molar refractivity (Wildman–Crippen MR) is 54.0 cm³/mol. The molecule has 1 unspecified atom stereocenters. The molecule has 1 atom stereocenters. The fourth-order valence-electron chi connectivity index (χ4n) is 1.98. The van der Waals surface area contributed by atoms with Gasteiger partial charge in [0, 0.05) is 26.2 Å². The number of nitrogens with zero attached hydrogens (tertiary/aromatic N) is 1. The molecule has 2 aliphatic heterocycles. The lowest BCUT2D eigenvalue weighted by Crippen LogP contribution is -2.46. The zero-order valence-electron chi connectivity index (χ0n) is 8.71. The predicted octanol–water partition coefficient (Wildman–Crippen LogP) is 0.392. The minimum atomic E-state index is 0.503. The zero-order chi connectivity index (χ0) is 9.64. The molecule has 82 valence electrons. The lowest BCUT2D eigenvalue weighted by Gasteiger charge is -2.27. The van der Waals surface area contributed by atoms with E-state index in [2.05, 4.69) is 10.4 Å². The highest BCUT2D eigenvalue weighted by Crippen LogP contribution is 2.14. The van der Waals surface area contributed by atoms with E-state index in [4.69, 9.17) is 9.47 Å². The normalized spacial score (nSPS) is 29.6. The van der Waals surface area contributed by atoms with Crippen LogP contribution in [0, 0.1) is 0 Å². The number of hydrogen-bond acceptors (Lipinski definition) is 4. The highest BCUT2D eigenvalue weighted by atomic mass is 16.5. The maximum Gasteiger partial charge on any atom is 0.0608 e. The fourth-order valence-corrected chi connectivity index (χ4v) is 1.98. The van der Waals surface area contributed by atoms with Crippen molar-refractivity contribution in [2.45, 2.75) is 25.4 Å². The quantitative estimate of drug-likeness (QED) is 0.712. The smallest absolute Gasteiger partial charge is 0.0608 e. The van der Waals surface area contributed by atoms with Crippen LogP contribution in [0.1, 0.15) is 19.3 Å². The van der Waals surface area contributed by atoms with Crippen molar-refractivity contribution in [1.29, 1.82) is 0 Å². The van der Waals surface area contributed by atoms with Crippen LogP contribution in [0.3, 0.4) is 0 Å². The number of ether oxygens (including phenoxy) is 2. The van der Waals surface area contributed by atoms with Crippen molar-refractivity contribution in [2.24, 2.45) is 0 Å². The second-order valence-electron chi connectivity index (χ2n) is 3.93. The molecule has 2 rings (SSSR count). The van der Waals surface area contributed by atoms with Crippen molar-refractivity contribution in [3.8, 4) is 0 Å². The van der Waals surface area contributed by atoms with Crippen LogP contribution in [0.4, 0.5) is 0 Å². The third kappa shape index (κ3) is 3.20. The Labute approximate surface area is 85.5 Å². The van der Waals surface area contributed by atoms with Crippen molar-refractivity contribution in [3.05, 3.63) is 0 Å². The van der Waals surface area contributed by atoms with Crippen molar-refractivity contribution < 1.29 is 9.47 Å². The van der Waals surface area contributed by atoms with Gasteiger partial charge in [0.2, 0.25) is 0 Å². The zero-order valence-corrected chi connectivity index (χ0v) is 8.71. The van der Waals surface area contributed by atoms with Gasteiger partial charge in [-0.3, -0.25) is 5.43 Å². The summed E-state index contributed by atoms with van der Waals surface area (Å²) >= 11 is 0. The molecule has 0 aromatic carbocycles. The third-order valence-electron chi connectivity index (χ3n) is 2.84. The monoisotopic (exact) mass is 200 g/mol. The Morgan fingerprint density at radius 1 is 1.21 bits per heavy atom. The first-order valence-electron chi connectivity index (χ1n) is 5.63. The van der Waals surface area contributed by atoms with Gasteiger partial charge in [-0.2, -0.15) is 0 Å². The van der Waals surface area contributed by atoms with Crippen molar-refractivity contribution in [3.63, 3.8) is 0 Å². The second-order valence-corrected chi connectivity index (χ2v) is 3.93. The summed E-state index contributed by atoms with van der Waals surface area (Å²) in [7, 11) is 0. The Bertz CT molecular complexity index is 154. The summed E-state index contributed by atoms with van der Waals surface area (Å²) < 4.78 is 10.8. The molecule has 4 nitrogen and oxygen atoms in total. The van der Waals surface area contributed by atoms with E-state index in [0.29, 0.717) is 6.10 Å². The number of hydrogen-bond donors (Lipinski definition) is 1. The highest BCUT2D eigenvalue weighted by Gasteiger charge is 2.15. The van der Waals surface area contributed by atoms with Gasteiger partial charge in [-0.05, 0) is 19.3 Å². The van der Waals surface area contributed by atoms with Crippen LogP contribution < -0.4 is 5.43 Å². The summed E-state index contributed by atoms with van der Waals surface area (Å²) in [6.07, 6.45) is 4.12. The molecule has 0 bridgehead atoms. The van der Waals surface area contributed by atoms with E-state index in [-0.39, 0.29) is 0 Å². The largest absolute Gasteiger partial charge is 0.379 e. The molecule has 0 aromatic heterocycles. The molecule has 2 heterocycles. The van der Waals surface area contributed by atoms with E-state index in [1.54, 1.807) is 0 Å². The Kier molecular flexibility index (Phi) is 4.19. The van der Waals surface area contributed by atoms with Gasteiger partial charge in [0.05, 0.1) is 19.3 Å². The van der Waals surface area contributed by atoms with Crippen LogP contribution in [0.2, 0.25) is 0 Å². The molecule has 0 spiro atoms. The number of rotatable bonds is 4. The van der Waals surface area contributed by atoms with Crippen LogP contribution in [0.25, 0.3) is 0 Å². The minimum absolute atomic E-state index is 0.503. The summed E-state index contributed by atoms with van der Waals surface area (Å²) in [5.74, 6) is 0. The first-order valence-corrected chi connectivity index (χ1v) is 5.63. The lowest BCUT2D eigenvalue weighted by atomic mass is 10.2. The molecule has 2 aliphatic rings. The van der Waals surface area contributed by atoms with Crippen LogP contribution >= 0.6 is 0 Å². The first kappa shape index (κ1) is 10.4. The average Bonchev–Trinajstić information content (AvgIpc) is 2.72. The first-order chi connectivity index (χ1) is 6.95. The second kappa shape index (κ2) is 5.66. The Balaban J connectivity index is 1.52. The van der Waals surface area contributed by atoms with Gasteiger partial charge >= 0.3 is 0 Å². The van der Waals surface area contributed by atoms with E-state index in [1.165, 1.54) is 12.8 Å². The standard InChI is InChI=1S/C10H20N2O2/c1-2-10(14-7-1)3-4-11-12-5-8-13-9-6-12/h10-11H,1-9H2. The third-order valence-corrected chi connectivity index (χ3v) is 2.84. The molecule has 2 fully saturated rings. The van der Waals surface area contributed by atoms with Crippen LogP contribution in [-0.4, -0.2) is 50.6 Å². The average molecular weight is 200 g/mol. The summed E-state index contributed by atoms with van der Waals surface area (Å²) in [6.45, 7) is 5.71. The van der Waals surface area contributed by atoms with Crippen molar-refractivity contribution in [1.82, 2.24) is 10.4 Å². The van der Waals surface area contributed by atoms with E-state index in [0.717, 1.165) is 45.9 Å². The molecule has 14 heavy (non-hydrogen) atoms. The molecule has 1 N–H and O–H groups in total. The number of hydrazine groups is 1. The molecule has 0 amide bonds. The Morgan fingerprint density at radius 3 is 2.79 bits per heavy atom. The molecule has 0 radical (unpaired) electrons. The van der Waals surface area contributed by atoms with Crippen LogP contribution in [0.15, 0.2) is 0 Å². The molecule has 0 saturated carbocycles. The summed E-state index contributed by atoms with van der Waals surface area (Å²) in [6, 6.07) is 0. The molecule has 0 aromatic rings. The lowest BCUT2D eigenvalue weighted by molar-refractivity contribution is 0.00856. The molecule has 2 saturated heterocycles. The van der Waals surface area contributed by atoms with Crippen molar-refractivity contribution in [2.75, 3.05) is 39.5 Å².